The van der Waals surface area contributed by atoms with E-state index in [1.807, 2.05) is 7.05 Å². The number of halogens is 1. The summed E-state index contributed by atoms with van der Waals surface area (Å²) in [7, 11) is 5.89. The van der Waals surface area contributed by atoms with Crippen LogP contribution in [0, 0.1) is 0 Å². The van der Waals surface area contributed by atoms with Crippen molar-refractivity contribution in [1.82, 2.24) is 14.9 Å². The Kier molecular flexibility index (Phi) is 4.37. The van der Waals surface area contributed by atoms with Crippen LogP contribution in [0.5, 0.6) is 0 Å². The van der Waals surface area contributed by atoms with Crippen LogP contribution in [0.3, 0.4) is 0 Å². The van der Waals surface area contributed by atoms with E-state index < -0.39 is 0 Å². The number of nitrogens with zero attached hydrogens (tertiary/aromatic N) is 4. The Hall–Kier alpha value is -0.910. The Morgan fingerprint density at radius 2 is 2.17 bits per heavy atom. The topological polar surface area (TPSA) is 41.5 Å². The monoisotopic (exact) mass is 270 g/mol. The molecule has 100 valence electrons. The number of likely N-dealkylation sites (tertiary alicyclic amines) is 1. The van der Waals surface area contributed by atoms with Gasteiger partial charge in [0, 0.05) is 33.3 Å². The Morgan fingerprint density at radius 1 is 1.50 bits per heavy atom. The number of hydrogen-bond donors (Lipinski definition) is 0. The zero-order valence-electron chi connectivity index (χ0n) is 11.0. The van der Waals surface area contributed by atoms with Gasteiger partial charge in [0.1, 0.15) is 0 Å². The maximum Gasteiger partial charge on any atom is 0.225 e. The molecule has 0 saturated carbocycles. The highest BCUT2D eigenvalue weighted by molar-refractivity contribution is 6.30. The average Bonchev–Trinajstić information content (AvgIpc) is 2.71. The summed E-state index contributed by atoms with van der Waals surface area (Å²) in [6.45, 7) is 1.87. The number of methoxy groups -OCH3 is 1. The highest BCUT2D eigenvalue weighted by Crippen LogP contribution is 2.20. The molecule has 1 aliphatic heterocycles. The van der Waals surface area contributed by atoms with Gasteiger partial charge < -0.3 is 9.64 Å². The van der Waals surface area contributed by atoms with Crippen LogP contribution < -0.4 is 4.90 Å². The Morgan fingerprint density at radius 3 is 2.72 bits per heavy atom. The third kappa shape index (κ3) is 3.10. The molecule has 18 heavy (non-hydrogen) atoms. The van der Waals surface area contributed by atoms with Crippen molar-refractivity contribution in [2.45, 2.75) is 18.6 Å². The number of rotatable bonds is 4. The van der Waals surface area contributed by atoms with E-state index in [1.165, 1.54) is 0 Å². The molecule has 0 aromatic carbocycles. The van der Waals surface area contributed by atoms with Crippen molar-refractivity contribution < 1.29 is 4.74 Å². The zero-order chi connectivity index (χ0) is 13.1. The molecule has 0 spiro atoms. The highest BCUT2D eigenvalue weighted by atomic mass is 35.5. The number of anilines is 1. The van der Waals surface area contributed by atoms with E-state index >= 15 is 0 Å². The van der Waals surface area contributed by atoms with E-state index in [4.69, 9.17) is 16.3 Å². The third-order valence-corrected chi connectivity index (χ3v) is 3.61. The maximum absolute atomic E-state index is 5.78. The van der Waals surface area contributed by atoms with Crippen LogP contribution in [0.1, 0.15) is 6.42 Å². The molecule has 1 aromatic rings. The van der Waals surface area contributed by atoms with Gasteiger partial charge >= 0.3 is 0 Å². The van der Waals surface area contributed by atoms with Crippen molar-refractivity contribution in [3.63, 3.8) is 0 Å². The molecular formula is C12H19ClN4O. The Balaban J connectivity index is 1.95. The third-order valence-electron chi connectivity index (χ3n) is 3.42. The van der Waals surface area contributed by atoms with Crippen molar-refractivity contribution >= 4 is 17.5 Å². The van der Waals surface area contributed by atoms with Crippen LogP contribution in [0.2, 0.25) is 5.02 Å². The van der Waals surface area contributed by atoms with Gasteiger partial charge in [-0.05, 0) is 13.5 Å². The summed E-state index contributed by atoms with van der Waals surface area (Å²) in [6.07, 6.45) is 4.62. The molecule has 2 rings (SSSR count). The fourth-order valence-corrected chi connectivity index (χ4v) is 2.41. The first-order chi connectivity index (χ1) is 8.60. The van der Waals surface area contributed by atoms with Crippen LogP contribution in [0.15, 0.2) is 12.4 Å². The predicted molar refractivity (Wildman–Crippen MR) is 72.1 cm³/mol. The predicted octanol–water partition coefficient (Wildman–Crippen LogP) is 1.29. The molecule has 0 N–H and O–H groups in total. The standard InChI is InChI=1S/C12H19ClN4O/c1-16-8-11(18-3)4-10(16)7-17(2)12-14-5-9(13)6-15-12/h5-6,10-11H,4,7-8H2,1-3H3/t10-,11-/m0/s1. The van der Waals surface area contributed by atoms with Gasteiger partial charge in [0.05, 0.1) is 23.5 Å². The van der Waals surface area contributed by atoms with Crippen LogP contribution >= 0.6 is 11.6 Å². The summed E-state index contributed by atoms with van der Waals surface area (Å²) >= 11 is 5.78. The smallest absolute Gasteiger partial charge is 0.225 e. The summed E-state index contributed by atoms with van der Waals surface area (Å²) in [6, 6.07) is 0.472. The lowest BCUT2D eigenvalue weighted by Crippen LogP contribution is -2.37. The first-order valence-corrected chi connectivity index (χ1v) is 6.39. The van der Waals surface area contributed by atoms with Crippen LogP contribution in [0.4, 0.5) is 5.95 Å². The molecule has 5 nitrogen and oxygen atoms in total. The van der Waals surface area contributed by atoms with Gasteiger partial charge in [0.25, 0.3) is 0 Å². The van der Waals surface area contributed by atoms with Crippen molar-refractivity contribution in [2.24, 2.45) is 0 Å². The average molecular weight is 271 g/mol. The van der Waals surface area contributed by atoms with Gasteiger partial charge in [-0.25, -0.2) is 9.97 Å². The molecular weight excluding hydrogens is 252 g/mol. The number of hydrogen-bond acceptors (Lipinski definition) is 5. The SMILES string of the molecule is CO[C@H]1C[C@@H](CN(C)c2ncc(Cl)cn2)N(C)C1. The molecule has 0 aliphatic carbocycles. The van der Waals surface area contributed by atoms with E-state index in [2.05, 4.69) is 26.8 Å². The summed E-state index contributed by atoms with van der Waals surface area (Å²) in [5, 5.41) is 0.560. The van der Waals surface area contributed by atoms with Crippen LogP contribution in [0.25, 0.3) is 0 Å². The first kappa shape index (κ1) is 13.5. The molecule has 2 heterocycles. The molecule has 2 atom stereocenters. The van der Waals surface area contributed by atoms with E-state index in [0.717, 1.165) is 19.5 Å². The lowest BCUT2D eigenvalue weighted by Gasteiger charge is -2.25. The van der Waals surface area contributed by atoms with Gasteiger partial charge in [-0.1, -0.05) is 11.6 Å². The summed E-state index contributed by atoms with van der Waals surface area (Å²) < 4.78 is 5.41. The maximum atomic E-state index is 5.78. The van der Waals surface area contributed by atoms with Crippen molar-refractivity contribution in [1.29, 1.82) is 0 Å². The lowest BCUT2D eigenvalue weighted by atomic mass is 10.2. The quantitative estimate of drug-likeness (QED) is 0.825. The normalized spacial score (nSPS) is 24.4. The Bertz CT molecular complexity index is 386. The fourth-order valence-electron chi connectivity index (χ4n) is 2.31. The molecule has 1 aromatic heterocycles. The number of aromatic nitrogens is 2. The van der Waals surface area contributed by atoms with Gasteiger partial charge in [-0.15, -0.1) is 0 Å². The minimum Gasteiger partial charge on any atom is -0.380 e. The van der Waals surface area contributed by atoms with E-state index in [0.29, 0.717) is 23.1 Å². The second-order valence-corrected chi connectivity index (χ2v) is 5.21. The second-order valence-electron chi connectivity index (χ2n) is 4.77. The zero-order valence-corrected chi connectivity index (χ0v) is 11.8. The molecule has 1 aliphatic rings. The van der Waals surface area contributed by atoms with E-state index in [-0.39, 0.29) is 0 Å². The van der Waals surface area contributed by atoms with Crippen LogP contribution in [-0.4, -0.2) is 61.3 Å². The van der Waals surface area contributed by atoms with Crippen LogP contribution in [-0.2, 0) is 4.74 Å². The summed E-state index contributed by atoms with van der Waals surface area (Å²) in [5.41, 5.74) is 0. The minimum atomic E-state index is 0.333. The molecule has 0 amide bonds. The lowest BCUT2D eigenvalue weighted by molar-refractivity contribution is 0.111. The molecule has 1 fully saturated rings. The minimum absolute atomic E-state index is 0.333. The van der Waals surface area contributed by atoms with Gasteiger partial charge in [0.15, 0.2) is 0 Å². The number of ether oxygens (including phenoxy) is 1. The van der Waals surface area contributed by atoms with E-state index in [1.54, 1.807) is 19.5 Å². The van der Waals surface area contributed by atoms with Gasteiger partial charge in [0.2, 0.25) is 5.95 Å². The summed E-state index contributed by atoms with van der Waals surface area (Å²) in [4.78, 5) is 12.8. The molecule has 0 radical (unpaired) electrons. The van der Waals surface area contributed by atoms with Gasteiger partial charge in [-0.2, -0.15) is 0 Å². The first-order valence-electron chi connectivity index (χ1n) is 6.02. The Labute approximate surface area is 113 Å². The largest absolute Gasteiger partial charge is 0.380 e. The van der Waals surface area contributed by atoms with Gasteiger partial charge in [-0.3, -0.25) is 4.90 Å². The molecule has 0 unspecified atom stereocenters. The fraction of sp³-hybridized carbons (Fsp3) is 0.667. The van der Waals surface area contributed by atoms with Crippen molar-refractivity contribution in [2.75, 3.05) is 39.2 Å². The molecule has 0 bridgehead atoms. The van der Waals surface area contributed by atoms with Crippen molar-refractivity contribution in [3.8, 4) is 0 Å². The molecule has 6 heteroatoms. The van der Waals surface area contributed by atoms with Crippen molar-refractivity contribution in [3.05, 3.63) is 17.4 Å². The second kappa shape index (κ2) is 5.82. The number of likely N-dealkylation sites (N-methyl/N-ethyl adjacent to an activating group) is 2. The molecule has 1 saturated heterocycles. The van der Waals surface area contributed by atoms with E-state index in [9.17, 15) is 0 Å². The summed E-state index contributed by atoms with van der Waals surface area (Å²) in [5.74, 6) is 0.702. The highest BCUT2D eigenvalue weighted by Gasteiger charge is 2.30.